The summed E-state index contributed by atoms with van der Waals surface area (Å²) in [5.41, 5.74) is 7.30. The van der Waals surface area contributed by atoms with Gasteiger partial charge in [0.25, 0.3) is 0 Å². The van der Waals surface area contributed by atoms with Crippen LogP contribution < -0.4 is 5.73 Å². The van der Waals surface area contributed by atoms with Crippen LogP contribution in [0.4, 0.5) is 0 Å². The summed E-state index contributed by atoms with van der Waals surface area (Å²) in [6.07, 6.45) is 5.34. The standard InChI is InChI=1S/C14H20N2O/c15-14(16)13-6-2-5-12(9-13)10-17-8-7-11-3-1-4-11/h2,5-6,9,11H,1,3-4,7-8,10H2,(H3,15,16). The van der Waals surface area contributed by atoms with Crippen molar-refractivity contribution in [3.05, 3.63) is 35.4 Å². The minimum absolute atomic E-state index is 0.112. The summed E-state index contributed by atoms with van der Waals surface area (Å²) >= 11 is 0. The smallest absolute Gasteiger partial charge is 0.122 e. The Kier molecular flexibility index (Phi) is 4.15. The van der Waals surface area contributed by atoms with E-state index in [1.165, 1.54) is 25.7 Å². The van der Waals surface area contributed by atoms with Crippen molar-refractivity contribution < 1.29 is 4.74 Å². The second-order valence-corrected chi connectivity index (χ2v) is 4.75. The van der Waals surface area contributed by atoms with E-state index in [0.29, 0.717) is 6.61 Å². The largest absolute Gasteiger partial charge is 0.384 e. The number of nitrogen functional groups attached to an aromatic ring is 1. The fraction of sp³-hybridized carbons (Fsp3) is 0.500. The fourth-order valence-electron chi connectivity index (χ4n) is 2.05. The quantitative estimate of drug-likeness (QED) is 0.450. The normalized spacial score (nSPS) is 15.5. The third-order valence-corrected chi connectivity index (χ3v) is 3.40. The van der Waals surface area contributed by atoms with Crippen molar-refractivity contribution in [2.24, 2.45) is 11.7 Å². The fourth-order valence-corrected chi connectivity index (χ4v) is 2.05. The van der Waals surface area contributed by atoms with Crippen LogP contribution in [0, 0.1) is 11.3 Å². The van der Waals surface area contributed by atoms with Gasteiger partial charge in [-0.2, -0.15) is 0 Å². The lowest BCUT2D eigenvalue weighted by Gasteiger charge is -2.24. The van der Waals surface area contributed by atoms with Gasteiger partial charge in [0.05, 0.1) is 6.61 Å². The molecule has 0 saturated heterocycles. The monoisotopic (exact) mass is 232 g/mol. The molecule has 0 bridgehead atoms. The summed E-state index contributed by atoms with van der Waals surface area (Å²) < 4.78 is 5.65. The Morgan fingerprint density at radius 3 is 2.88 bits per heavy atom. The average Bonchev–Trinajstić information content (AvgIpc) is 2.27. The molecule has 0 radical (unpaired) electrons. The van der Waals surface area contributed by atoms with Gasteiger partial charge in [-0.3, -0.25) is 5.41 Å². The highest BCUT2D eigenvalue weighted by Gasteiger charge is 2.16. The molecule has 0 unspecified atom stereocenters. The van der Waals surface area contributed by atoms with Crippen molar-refractivity contribution >= 4 is 5.84 Å². The highest BCUT2D eigenvalue weighted by Crippen LogP contribution is 2.29. The van der Waals surface area contributed by atoms with Crippen molar-refractivity contribution in [2.75, 3.05) is 6.61 Å². The lowest BCUT2D eigenvalue weighted by atomic mass is 9.83. The number of amidine groups is 1. The Morgan fingerprint density at radius 2 is 2.24 bits per heavy atom. The molecule has 3 nitrogen and oxygen atoms in total. The summed E-state index contributed by atoms with van der Waals surface area (Å²) in [4.78, 5) is 0. The lowest BCUT2D eigenvalue weighted by Crippen LogP contribution is -2.13. The molecule has 1 fully saturated rings. The molecule has 1 aromatic rings. The molecule has 0 aromatic heterocycles. The average molecular weight is 232 g/mol. The van der Waals surface area contributed by atoms with Crippen molar-refractivity contribution in [3.8, 4) is 0 Å². The first-order valence-electron chi connectivity index (χ1n) is 6.27. The van der Waals surface area contributed by atoms with Crippen molar-refractivity contribution in [1.29, 1.82) is 5.41 Å². The number of ether oxygens (including phenoxy) is 1. The SMILES string of the molecule is N=C(N)c1cccc(COCCC2CCC2)c1. The molecule has 1 aliphatic rings. The summed E-state index contributed by atoms with van der Waals surface area (Å²) in [5.74, 6) is 1.01. The van der Waals surface area contributed by atoms with Crippen LogP contribution in [0.15, 0.2) is 24.3 Å². The van der Waals surface area contributed by atoms with E-state index >= 15 is 0 Å². The minimum atomic E-state index is 0.112. The second kappa shape index (κ2) is 5.82. The third-order valence-electron chi connectivity index (χ3n) is 3.40. The number of rotatable bonds is 6. The first kappa shape index (κ1) is 12.1. The zero-order valence-corrected chi connectivity index (χ0v) is 10.1. The maximum atomic E-state index is 7.37. The number of nitrogens with two attached hydrogens (primary N) is 1. The molecule has 3 N–H and O–H groups in total. The minimum Gasteiger partial charge on any atom is -0.384 e. The van der Waals surface area contributed by atoms with Gasteiger partial charge in [-0.25, -0.2) is 0 Å². The molecular weight excluding hydrogens is 212 g/mol. The zero-order valence-electron chi connectivity index (χ0n) is 10.1. The molecule has 0 aliphatic heterocycles. The first-order chi connectivity index (χ1) is 8.25. The van der Waals surface area contributed by atoms with Crippen LogP contribution in [0.25, 0.3) is 0 Å². The Bertz CT molecular complexity index is 386. The molecule has 0 spiro atoms. The second-order valence-electron chi connectivity index (χ2n) is 4.75. The van der Waals surface area contributed by atoms with E-state index in [1.807, 2.05) is 24.3 Å². The first-order valence-corrected chi connectivity index (χ1v) is 6.27. The van der Waals surface area contributed by atoms with Gasteiger partial charge in [-0.15, -0.1) is 0 Å². The molecule has 17 heavy (non-hydrogen) atoms. The van der Waals surface area contributed by atoms with Gasteiger partial charge in [-0.05, 0) is 24.0 Å². The van der Waals surface area contributed by atoms with Crippen LogP contribution in [0.2, 0.25) is 0 Å². The maximum absolute atomic E-state index is 7.37. The van der Waals surface area contributed by atoms with E-state index < -0.39 is 0 Å². The molecule has 0 heterocycles. The predicted octanol–water partition coefficient (Wildman–Crippen LogP) is 2.68. The van der Waals surface area contributed by atoms with E-state index in [9.17, 15) is 0 Å². The highest BCUT2D eigenvalue weighted by atomic mass is 16.5. The van der Waals surface area contributed by atoms with E-state index in [2.05, 4.69) is 0 Å². The molecule has 0 atom stereocenters. The van der Waals surface area contributed by atoms with Crippen molar-refractivity contribution in [1.82, 2.24) is 0 Å². The van der Waals surface area contributed by atoms with Gasteiger partial charge in [-0.1, -0.05) is 37.5 Å². The van der Waals surface area contributed by atoms with Crippen LogP contribution in [-0.4, -0.2) is 12.4 Å². The van der Waals surface area contributed by atoms with Gasteiger partial charge >= 0.3 is 0 Å². The topological polar surface area (TPSA) is 59.1 Å². The Hall–Kier alpha value is -1.35. The van der Waals surface area contributed by atoms with Gasteiger partial charge in [0, 0.05) is 12.2 Å². The molecule has 0 amide bonds. The van der Waals surface area contributed by atoms with Gasteiger partial charge in [0.15, 0.2) is 0 Å². The summed E-state index contributed by atoms with van der Waals surface area (Å²) in [6, 6.07) is 7.70. The van der Waals surface area contributed by atoms with Crippen LogP contribution in [0.3, 0.4) is 0 Å². The van der Waals surface area contributed by atoms with Crippen LogP contribution in [0.1, 0.15) is 36.8 Å². The van der Waals surface area contributed by atoms with E-state index in [4.69, 9.17) is 15.9 Å². The molecule has 1 aromatic carbocycles. The molecule has 1 aliphatic carbocycles. The maximum Gasteiger partial charge on any atom is 0.122 e. The molecule has 3 heteroatoms. The Balaban J connectivity index is 1.73. The zero-order chi connectivity index (χ0) is 12.1. The Labute approximate surface area is 102 Å². The van der Waals surface area contributed by atoms with Crippen LogP contribution >= 0.6 is 0 Å². The van der Waals surface area contributed by atoms with Gasteiger partial charge in [0.2, 0.25) is 0 Å². The summed E-state index contributed by atoms with van der Waals surface area (Å²) in [5, 5.41) is 7.37. The number of nitrogens with one attached hydrogen (secondary N) is 1. The Morgan fingerprint density at radius 1 is 1.41 bits per heavy atom. The molecule has 2 rings (SSSR count). The predicted molar refractivity (Wildman–Crippen MR) is 69.1 cm³/mol. The van der Waals surface area contributed by atoms with Crippen LogP contribution in [0.5, 0.6) is 0 Å². The van der Waals surface area contributed by atoms with Gasteiger partial charge in [0.1, 0.15) is 5.84 Å². The van der Waals surface area contributed by atoms with E-state index in [0.717, 1.165) is 23.7 Å². The molecule has 92 valence electrons. The number of hydrogen-bond donors (Lipinski definition) is 2. The van der Waals surface area contributed by atoms with Crippen molar-refractivity contribution in [2.45, 2.75) is 32.3 Å². The third kappa shape index (κ3) is 3.56. The highest BCUT2D eigenvalue weighted by molar-refractivity contribution is 5.95. The van der Waals surface area contributed by atoms with Crippen molar-refractivity contribution in [3.63, 3.8) is 0 Å². The lowest BCUT2D eigenvalue weighted by molar-refractivity contribution is 0.0950. The van der Waals surface area contributed by atoms with E-state index in [-0.39, 0.29) is 5.84 Å². The summed E-state index contributed by atoms with van der Waals surface area (Å²) in [7, 11) is 0. The van der Waals surface area contributed by atoms with Crippen LogP contribution in [-0.2, 0) is 11.3 Å². The van der Waals surface area contributed by atoms with E-state index in [1.54, 1.807) is 0 Å². The summed E-state index contributed by atoms with van der Waals surface area (Å²) in [6.45, 7) is 1.46. The molecule has 1 saturated carbocycles. The molecular formula is C14H20N2O. The van der Waals surface area contributed by atoms with Gasteiger partial charge < -0.3 is 10.5 Å². The number of hydrogen-bond acceptors (Lipinski definition) is 2. The number of benzene rings is 1.